The molecule has 2 unspecified atom stereocenters. The van der Waals surface area contributed by atoms with Crippen molar-refractivity contribution in [3.63, 3.8) is 0 Å². The predicted molar refractivity (Wildman–Crippen MR) is 164 cm³/mol. The first-order valence-electron chi connectivity index (χ1n) is 15.4. The number of aromatic nitrogens is 1. The summed E-state index contributed by atoms with van der Waals surface area (Å²) in [5, 5.41) is 27.3. The van der Waals surface area contributed by atoms with Crippen molar-refractivity contribution in [3.05, 3.63) is 69.2 Å². The Balaban J connectivity index is 1.49. The van der Waals surface area contributed by atoms with Crippen LogP contribution >= 0.6 is 0 Å². The molecule has 0 aliphatic carbocycles. The molecule has 2 fully saturated rings. The van der Waals surface area contributed by atoms with Crippen molar-refractivity contribution in [2.24, 2.45) is 11.8 Å². The first kappa shape index (κ1) is 31.5. The maximum absolute atomic E-state index is 12.5. The highest BCUT2D eigenvalue weighted by Crippen LogP contribution is 2.51. The number of carboxylic acids is 2. The summed E-state index contributed by atoms with van der Waals surface area (Å²) in [6, 6.07) is -0.363. The number of amides is 2. The Bertz CT molecular complexity index is 1530. The number of nitrogens with one attached hydrogen (secondary N) is 4. The first-order chi connectivity index (χ1) is 20.8. The smallest absolute Gasteiger partial charge is 0.303 e. The number of hydrazine groups is 1. The Morgan fingerprint density at radius 3 is 2.34 bits per heavy atom. The van der Waals surface area contributed by atoms with Crippen molar-refractivity contribution in [3.8, 4) is 0 Å². The number of nitrogens with zero attached hydrogens (tertiary/aromatic N) is 1. The third-order valence-corrected chi connectivity index (χ3v) is 10.1. The molecule has 0 aromatic carbocycles. The van der Waals surface area contributed by atoms with Gasteiger partial charge < -0.3 is 25.8 Å². The zero-order valence-electron chi connectivity index (χ0n) is 26.1. The monoisotopic (exact) mass is 605 g/mol. The van der Waals surface area contributed by atoms with E-state index in [-0.39, 0.29) is 48.6 Å². The van der Waals surface area contributed by atoms with Gasteiger partial charge in [0.1, 0.15) is 5.66 Å². The average molecular weight is 606 g/mol. The lowest BCUT2D eigenvalue weighted by Gasteiger charge is -2.17. The average Bonchev–Trinajstić information content (AvgIpc) is 3.25. The minimum atomic E-state index is -0.886. The Morgan fingerprint density at radius 2 is 1.73 bits per heavy atom. The lowest BCUT2D eigenvalue weighted by atomic mass is 9.89. The van der Waals surface area contributed by atoms with Crippen molar-refractivity contribution >= 4 is 23.8 Å². The van der Waals surface area contributed by atoms with Crippen molar-refractivity contribution in [1.82, 2.24) is 26.1 Å². The molecule has 2 amide bonds. The highest BCUT2D eigenvalue weighted by molar-refractivity contribution is 6.00. The molecule has 11 nitrogen and oxygen atoms in total. The summed E-state index contributed by atoms with van der Waals surface area (Å²) < 4.78 is 0. The second-order valence-electron chi connectivity index (χ2n) is 12.5. The fourth-order valence-electron chi connectivity index (χ4n) is 7.48. The molecule has 6 atom stereocenters. The zero-order valence-corrected chi connectivity index (χ0v) is 26.1. The molecule has 44 heavy (non-hydrogen) atoms. The summed E-state index contributed by atoms with van der Waals surface area (Å²) in [6.45, 7) is 13.7. The normalized spacial score (nSPS) is 30.2. The summed E-state index contributed by atoms with van der Waals surface area (Å²) >= 11 is 0. The molecule has 1 aromatic rings. The van der Waals surface area contributed by atoms with Crippen molar-refractivity contribution in [2.75, 3.05) is 0 Å². The van der Waals surface area contributed by atoms with Crippen LogP contribution in [0, 0.1) is 18.8 Å². The molecule has 0 bridgehead atoms. The molecule has 4 aliphatic rings. The number of fused-ring (bicyclic) bond motifs is 1. The van der Waals surface area contributed by atoms with Crippen LogP contribution in [0.25, 0.3) is 0 Å². The summed E-state index contributed by atoms with van der Waals surface area (Å²) in [6.07, 6.45) is 6.17. The van der Waals surface area contributed by atoms with Gasteiger partial charge in [0, 0.05) is 60.2 Å². The molecule has 11 heteroatoms. The minimum absolute atomic E-state index is 0.0139. The van der Waals surface area contributed by atoms with E-state index in [1.165, 1.54) is 0 Å². The number of hydrogen-bond acceptors (Lipinski definition) is 6. The second kappa shape index (κ2) is 11.9. The third kappa shape index (κ3) is 5.43. The number of aliphatic carboxylic acids is 2. The van der Waals surface area contributed by atoms with Crippen molar-refractivity contribution in [1.29, 1.82) is 0 Å². The molecular weight excluding hydrogens is 562 g/mol. The van der Waals surface area contributed by atoms with Crippen LogP contribution in [0.5, 0.6) is 0 Å². The van der Waals surface area contributed by atoms with Crippen LogP contribution < -0.4 is 16.1 Å². The molecule has 4 aliphatic heterocycles. The fourth-order valence-corrected chi connectivity index (χ4v) is 7.48. The van der Waals surface area contributed by atoms with E-state index in [9.17, 15) is 29.4 Å². The molecule has 1 aromatic heterocycles. The Hall–Kier alpha value is -3.96. The number of H-pyrrole nitrogens is 1. The summed E-state index contributed by atoms with van der Waals surface area (Å²) in [7, 11) is 0. The molecule has 5 heterocycles. The molecule has 2 saturated heterocycles. The molecular formula is C33H43N5O6. The minimum Gasteiger partial charge on any atom is -0.481 e. The maximum Gasteiger partial charge on any atom is 0.303 e. The number of hydrogen-bond donors (Lipinski definition) is 6. The summed E-state index contributed by atoms with van der Waals surface area (Å²) in [5.41, 5.74) is 11.1. The number of rotatable bonds is 13. The summed E-state index contributed by atoms with van der Waals surface area (Å²) in [5.74, 6) is -1.91. The molecule has 5 rings (SSSR count). The summed E-state index contributed by atoms with van der Waals surface area (Å²) in [4.78, 5) is 51.8. The van der Waals surface area contributed by atoms with Gasteiger partial charge in [0.05, 0.1) is 12.1 Å². The van der Waals surface area contributed by atoms with Gasteiger partial charge in [-0.3, -0.25) is 19.2 Å². The third-order valence-electron chi connectivity index (χ3n) is 10.1. The second-order valence-corrected chi connectivity index (χ2v) is 12.5. The number of carboxylic acid groups (broad SMARTS) is 2. The maximum atomic E-state index is 12.5. The quantitative estimate of drug-likeness (QED) is 0.147. The first-order valence-corrected chi connectivity index (χ1v) is 15.4. The van der Waals surface area contributed by atoms with E-state index in [1.54, 1.807) is 6.08 Å². The molecule has 0 radical (unpaired) electrons. The van der Waals surface area contributed by atoms with Crippen LogP contribution in [-0.2, 0) is 38.4 Å². The van der Waals surface area contributed by atoms with Crippen LogP contribution in [0.15, 0.2) is 46.7 Å². The van der Waals surface area contributed by atoms with E-state index in [1.807, 2.05) is 27.7 Å². The largest absolute Gasteiger partial charge is 0.481 e. The van der Waals surface area contributed by atoms with E-state index in [0.29, 0.717) is 31.3 Å². The highest BCUT2D eigenvalue weighted by Gasteiger charge is 2.63. The highest BCUT2D eigenvalue weighted by atomic mass is 16.4. The van der Waals surface area contributed by atoms with Gasteiger partial charge in [0.25, 0.3) is 5.91 Å². The van der Waals surface area contributed by atoms with Gasteiger partial charge in [-0.1, -0.05) is 26.5 Å². The van der Waals surface area contributed by atoms with E-state index >= 15 is 0 Å². The molecule has 0 spiro atoms. The number of allylic oxidation sites excluding steroid dienone is 1. The fraction of sp³-hybridized carbons (Fsp3) is 0.515. The van der Waals surface area contributed by atoms with E-state index in [4.69, 9.17) is 0 Å². The lowest BCUT2D eigenvalue weighted by Crippen LogP contribution is -2.30. The topological polar surface area (TPSA) is 174 Å². The Labute approximate surface area is 257 Å². The SMILES string of the molecule is C=CC1=C(C)[C@@H](Cc2[nH]c(C[C@]34NN3C(/C=C3/NC(=O)[C@H](C)[C@H]3CC)C(C)=C4CCC(=O)O)c(CCC(=O)O)c2C)NC1=O. The Kier molecular flexibility index (Phi) is 8.48. The molecule has 0 saturated carbocycles. The van der Waals surface area contributed by atoms with Crippen LogP contribution in [0.2, 0.25) is 0 Å². The van der Waals surface area contributed by atoms with E-state index in [0.717, 1.165) is 51.4 Å². The molecule has 236 valence electrons. The van der Waals surface area contributed by atoms with Gasteiger partial charge in [-0.05, 0) is 74.0 Å². The van der Waals surface area contributed by atoms with Crippen LogP contribution in [0.1, 0.15) is 75.9 Å². The van der Waals surface area contributed by atoms with E-state index in [2.05, 4.69) is 45.6 Å². The number of carbonyl (C=O) groups is 4. The predicted octanol–water partition coefficient (Wildman–Crippen LogP) is 3.18. The number of carbonyl (C=O) groups excluding carboxylic acids is 2. The lowest BCUT2D eigenvalue weighted by molar-refractivity contribution is -0.138. The van der Waals surface area contributed by atoms with Gasteiger partial charge in [0.15, 0.2) is 0 Å². The molecule has 6 N–H and O–H groups in total. The standard InChI is InChI=1S/C33H43N5O6/c1-7-20-18(5)31(43)36-26(20)14-28-19(6)23(10-12-30(41)42)33(37-38(28)33)15-27-22(9-11-29(39)40)17(4)24(34-27)13-25-16(3)21(8-2)32(44)35-25/h8,14,18,20,25,28,34,37H,2,7,9-13,15H2,1,3-6H3,(H,35,44)(H,36,43)(H,39,40)(H,41,42)/b26-14+/t18-,20-,25-,28?,33+,38?/m1/s1. The van der Waals surface area contributed by atoms with Gasteiger partial charge in [-0.15, -0.1) is 0 Å². The number of aromatic amines is 1. The van der Waals surface area contributed by atoms with Crippen molar-refractivity contribution in [2.45, 2.75) is 97.3 Å². The van der Waals surface area contributed by atoms with Gasteiger partial charge in [-0.25, -0.2) is 10.4 Å². The van der Waals surface area contributed by atoms with E-state index < -0.39 is 17.6 Å². The van der Waals surface area contributed by atoms with Crippen LogP contribution in [0.4, 0.5) is 0 Å². The van der Waals surface area contributed by atoms with Crippen LogP contribution in [0.3, 0.4) is 0 Å². The van der Waals surface area contributed by atoms with Crippen LogP contribution in [-0.4, -0.2) is 61.7 Å². The zero-order chi connectivity index (χ0) is 32.1. The van der Waals surface area contributed by atoms with Gasteiger partial charge in [-0.2, -0.15) is 0 Å². The van der Waals surface area contributed by atoms with Gasteiger partial charge in [0.2, 0.25) is 5.91 Å². The Morgan fingerprint density at radius 1 is 1.05 bits per heavy atom. The van der Waals surface area contributed by atoms with Gasteiger partial charge >= 0.3 is 11.9 Å². The van der Waals surface area contributed by atoms with Crippen molar-refractivity contribution < 1.29 is 29.4 Å².